The summed E-state index contributed by atoms with van der Waals surface area (Å²) in [6.45, 7) is 4.87. The van der Waals surface area contributed by atoms with Crippen LogP contribution in [0.25, 0.3) is 0 Å². The Morgan fingerprint density at radius 1 is 1.24 bits per heavy atom. The molecular weight excluding hydrogens is 270 g/mol. The highest BCUT2D eigenvalue weighted by Crippen LogP contribution is 2.26. The van der Waals surface area contributed by atoms with Crippen LogP contribution in [0.3, 0.4) is 0 Å². The summed E-state index contributed by atoms with van der Waals surface area (Å²) in [5.41, 5.74) is -0.683. The van der Waals surface area contributed by atoms with Crippen molar-refractivity contribution >= 4 is 5.97 Å². The molecule has 1 aromatic carbocycles. The van der Waals surface area contributed by atoms with Crippen molar-refractivity contribution < 1.29 is 19.0 Å². The number of likely N-dealkylation sites (N-methyl/N-ethyl adjacent to an activating group) is 1. The Bertz CT molecular complexity index is 450. The van der Waals surface area contributed by atoms with Gasteiger partial charge in [-0.3, -0.25) is 4.79 Å². The van der Waals surface area contributed by atoms with Crippen LogP contribution in [0.4, 0.5) is 0 Å². The number of esters is 1. The number of carbonyl (C=O) groups excluding carboxylic acids is 1. The summed E-state index contributed by atoms with van der Waals surface area (Å²) in [7, 11) is 3.15. The molecular formula is C16H25NO4. The van der Waals surface area contributed by atoms with E-state index in [0.717, 1.165) is 17.9 Å². The van der Waals surface area contributed by atoms with E-state index in [1.165, 1.54) is 7.11 Å². The molecule has 5 heteroatoms. The predicted octanol–water partition coefficient (Wildman–Crippen LogP) is 2.40. The second-order valence-corrected chi connectivity index (χ2v) is 4.91. The number of hydrogen-bond donors (Lipinski definition) is 1. The summed E-state index contributed by atoms with van der Waals surface area (Å²) in [5, 5.41) is 3.00. The molecule has 0 radical (unpaired) electrons. The number of rotatable bonds is 9. The lowest BCUT2D eigenvalue weighted by Gasteiger charge is -2.26. The number of para-hydroxylation sites is 2. The Kier molecular flexibility index (Phi) is 7.02. The average molecular weight is 295 g/mol. The monoisotopic (exact) mass is 295 g/mol. The van der Waals surface area contributed by atoms with E-state index in [9.17, 15) is 4.79 Å². The van der Waals surface area contributed by atoms with Crippen molar-refractivity contribution in [2.45, 2.75) is 32.2 Å². The zero-order chi connectivity index (χ0) is 15.7. The van der Waals surface area contributed by atoms with Crippen molar-refractivity contribution in [3.8, 4) is 11.5 Å². The molecule has 1 aromatic rings. The fraction of sp³-hybridized carbons (Fsp3) is 0.562. The van der Waals surface area contributed by atoms with Gasteiger partial charge in [0.15, 0.2) is 11.5 Å². The molecule has 5 nitrogen and oxygen atoms in total. The van der Waals surface area contributed by atoms with Gasteiger partial charge in [0.05, 0.1) is 20.3 Å². The molecule has 21 heavy (non-hydrogen) atoms. The highest BCUT2D eigenvalue weighted by molar-refractivity contribution is 5.80. The lowest BCUT2D eigenvalue weighted by Crippen LogP contribution is -2.48. The molecule has 0 aromatic heterocycles. The molecule has 0 fully saturated rings. The van der Waals surface area contributed by atoms with Gasteiger partial charge in [-0.25, -0.2) is 0 Å². The Hall–Kier alpha value is -1.75. The normalized spacial score (nSPS) is 13.3. The molecule has 1 atom stereocenters. The molecule has 0 bridgehead atoms. The first kappa shape index (κ1) is 17.3. The van der Waals surface area contributed by atoms with Crippen LogP contribution < -0.4 is 14.8 Å². The third-order valence-electron chi connectivity index (χ3n) is 3.42. The van der Waals surface area contributed by atoms with Crippen LogP contribution >= 0.6 is 0 Å². The highest BCUT2D eigenvalue weighted by atomic mass is 16.5. The smallest absolute Gasteiger partial charge is 0.325 e. The maximum absolute atomic E-state index is 11.7. The summed E-state index contributed by atoms with van der Waals surface area (Å²) in [6, 6.07) is 7.57. The number of hydrogen-bond acceptors (Lipinski definition) is 5. The Morgan fingerprint density at radius 3 is 2.38 bits per heavy atom. The Morgan fingerprint density at radius 2 is 1.86 bits per heavy atom. The van der Waals surface area contributed by atoms with Crippen molar-refractivity contribution in [2.75, 3.05) is 27.4 Å². The standard InChI is InChI=1S/C16H25NO4/c1-5-20-13-9-6-7-10-14(13)21-12-8-11-16(2,17-3)15(18)19-4/h6-7,9-10,17H,5,8,11-12H2,1-4H3. The van der Waals surface area contributed by atoms with Gasteiger partial charge in [-0.05, 0) is 45.9 Å². The van der Waals surface area contributed by atoms with Gasteiger partial charge in [0.1, 0.15) is 5.54 Å². The molecule has 0 aliphatic rings. The molecule has 0 saturated carbocycles. The average Bonchev–Trinajstić information content (AvgIpc) is 2.52. The predicted molar refractivity (Wildman–Crippen MR) is 81.8 cm³/mol. The lowest BCUT2D eigenvalue weighted by atomic mass is 9.96. The van der Waals surface area contributed by atoms with Crippen LogP contribution in [0.1, 0.15) is 26.7 Å². The van der Waals surface area contributed by atoms with E-state index in [0.29, 0.717) is 19.6 Å². The zero-order valence-electron chi connectivity index (χ0n) is 13.3. The van der Waals surface area contributed by atoms with Crippen molar-refractivity contribution in [2.24, 2.45) is 0 Å². The van der Waals surface area contributed by atoms with Gasteiger partial charge in [0.25, 0.3) is 0 Å². The topological polar surface area (TPSA) is 56.8 Å². The van der Waals surface area contributed by atoms with E-state index < -0.39 is 5.54 Å². The molecule has 0 saturated heterocycles. The first-order valence-electron chi connectivity index (χ1n) is 7.19. The second kappa shape index (κ2) is 8.52. The number of benzene rings is 1. The zero-order valence-corrected chi connectivity index (χ0v) is 13.3. The fourth-order valence-electron chi connectivity index (χ4n) is 2.01. The first-order chi connectivity index (χ1) is 10.1. The van der Waals surface area contributed by atoms with Crippen molar-refractivity contribution in [1.82, 2.24) is 5.32 Å². The van der Waals surface area contributed by atoms with E-state index in [4.69, 9.17) is 14.2 Å². The Balaban J connectivity index is 2.49. The van der Waals surface area contributed by atoms with Gasteiger partial charge in [-0.1, -0.05) is 12.1 Å². The van der Waals surface area contributed by atoms with Crippen molar-refractivity contribution in [3.63, 3.8) is 0 Å². The van der Waals surface area contributed by atoms with Gasteiger partial charge >= 0.3 is 5.97 Å². The van der Waals surface area contributed by atoms with Gasteiger partial charge in [-0.2, -0.15) is 0 Å². The molecule has 1 rings (SSSR count). The van der Waals surface area contributed by atoms with Gasteiger partial charge in [-0.15, -0.1) is 0 Å². The van der Waals surface area contributed by atoms with Crippen LogP contribution in [0.2, 0.25) is 0 Å². The number of carbonyl (C=O) groups is 1. The maximum Gasteiger partial charge on any atom is 0.325 e. The number of methoxy groups -OCH3 is 1. The number of nitrogens with one attached hydrogen (secondary N) is 1. The Labute approximate surface area is 126 Å². The van der Waals surface area contributed by atoms with Crippen LogP contribution in [-0.2, 0) is 9.53 Å². The van der Waals surface area contributed by atoms with E-state index in [-0.39, 0.29) is 5.97 Å². The molecule has 0 amide bonds. The molecule has 1 N–H and O–H groups in total. The SMILES string of the molecule is CCOc1ccccc1OCCCC(C)(NC)C(=O)OC. The summed E-state index contributed by atoms with van der Waals surface area (Å²) in [6.07, 6.45) is 1.36. The van der Waals surface area contributed by atoms with Crippen LogP contribution in [0, 0.1) is 0 Å². The van der Waals surface area contributed by atoms with Crippen LogP contribution in [0.5, 0.6) is 11.5 Å². The third kappa shape index (κ3) is 4.93. The first-order valence-corrected chi connectivity index (χ1v) is 7.19. The fourth-order valence-corrected chi connectivity index (χ4v) is 2.01. The minimum absolute atomic E-state index is 0.264. The van der Waals surface area contributed by atoms with Gasteiger partial charge < -0.3 is 19.5 Å². The summed E-state index contributed by atoms with van der Waals surface area (Å²) in [4.78, 5) is 11.7. The highest BCUT2D eigenvalue weighted by Gasteiger charge is 2.31. The van der Waals surface area contributed by atoms with E-state index in [1.54, 1.807) is 7.05 Å². The third-order valence-corrected chi connectivity index (χ3v) is 3.42. The second-order valence-electron chi connectivity index (χ2n) is 4.91. The van der Waals surface area contributed by atoms with Gasteiger partial charge in [0, 0.05) is 0 Å². The van der Waals surface area contributed by atoms with Crippen molar-refractivity contribution in [3.05, 3.63) is 24.3 Å². The minimum Gasteiger partial charge on any atom is -0.490 e. The molecule has 0 spiro atoms. The number of ether oxygens (including phenoxy) is 3. The molecule has 118 valence electrons. The summed E-state index contributed by atoms with van der Waals surface area (Å²) >= 11 is 0. The van der Waals surface area contributed by atoms with E-state index in [2.05, 4.69) is 5.32 Å². The molecule has 0 heterocycles. The van der Waals surface area contributed by atoms with Crippen LogP contribution in [-0.4, -0.2) is 38.9 Å². The quantitative estimate of drug-likeness (QED) is 0.560. The molecule has 0 aliphatic carbocycles. The van der Waals surface area contributed by atoms with E-state index in [1.807, 2.05) is 38.1 Å². The van der Waals surface area contributed by atoms with E-state index >= 15 is 0 Å². The maximum atomic E-state index is 11.7. The van der Waals surface area contributed by atoms with Crippen LogP contribution in [0.15, 0.2) is 24.3 Å². The largest absolute Gasteiger partial charge is 0.490 e. The lowest BCUT2D eigenvalue weighted by molar-refractivity contribution is -0.148. The minimum atomic E-state index is -0.683. The molecule has 1 unspecified atom stereocenters. The summed E-state index contributed by atoms with van der Waals surface area (Å²) in [5.74, 6) is 1.20. The molecule has 0 aliphatic heterocycles. The van der Waals surface area contributed by atoms with Gasteiger partial charge in [0.2, 0.25) is 0 Å². The van der Waals surface area contributed by atoms with Crippen molar-refractivity contribution in [1.29, 1.82) is 0 Å². The summed E-state index contributed by atoms with van der Waals surface area (Å²) < 4.78 is 16.0.